The van der Waals surface area contributed by atoms with E-state index >= 15 is 0 Å². The van der Waals surface area contributed by atoms with Gasteiger partial charge in [0.25, 0.3) is 5.91 Å². The number of hydrogen-bond acceptors (Lipinski definition) is 2. The predicted molar refractivity (Wildman–Crippen MR) is 102 cm³/mol. The largest absolute Gasteiger partial charge is 0.339 e. The van der Waals surface area contributed by atoms with Gasteiger partial charge in [0.05, 0.1) is 6.04 Å². The Bertz CT molecular complexity index is 884. The molecule has 0 spiro atoms. The molecule has 0 saturated heterocycles. The summed E-state index contributed by atoms with van der Waals surface area (Å²) in [5.74, 6) is -1.35. The van der Waals surface area contributed by atoms with Crippen LogP contribution in [-0.2, 0) is 4.79 Å². The van der Waals surface area contributed by atoms with Gasteiger partial charge in [-0.2, -0.15) is 0 Å². The molecule has 3 N–H and O–H groups in total. The SMILES string of the molecule is C[C@@H]([NH2+]CC(=O)N[C@@H](c1ccccc1)c1cccs1)c1ccc(F)cc1F. The van der Waals surface area contributed by atoms with Crippen molar-refractivity contribution < 1.29 is 18.9 Å². The molecule has 27 heavy (non-hydrogen) atoms. The van der Waals surface area contributed by atoms with Crippen molar-refractivity contribution in [2.24, 2.45) is 0 Å². The second-order valence-corrected chi connectivity index (χ2v) is 7.30. The number of amides is 1. The van der Waals surface area contributed by atoms with Crippen molar-refractivity contribution in [3.8, 4) is 0 Å². The number of nitrogens with two attached hydrogens (primary N) is 1. The van der Waals surface area contributed by atoms with Crippen LogP contribution in [0.25, 0.3) is 0 Å². The number of benzene rings is 2. The smallest absolute Gasteiger partial charge is 0.275 e. The lowest BCUT2D eigenvalue weighted by molar-refractivity contribution is -0.682. The topological polar surface area (TPSA) is 45.7 Å². The summed E-state index contributed by atoms with van der Waals surface area (Å²) in [6, 6.07) is 16.7. The molecule has 0 aliphatic rings. The highest BCUT2D eigenvalue weighted by molar-refractivity contribution is 7.10. The third kappa shape index (κ3) is 4.99. The van der Waals surface area contributed by atoms with Gasteiger partial charge in [-0.3, -0.25) is 4.79 Å². The molecule has 140 valence electrons. The third-order valence-electron chi connectivity index (χ3n) is 4.38. The molecule has 1 amide bonds. The van der Waals surface area contributed by atoms with Gasteiger partial charge >= 0.3 is 0 Å². The molecule has 3 nitrogen and oxygen atoms in total. The normalized spacial score (nSPS) is 13.1. The highest BCUT2D eigenvalue weighted by Crippen LogP contribution is 2.25. The lowest BCUT2D eigenvalue weighted by Crippen LogP contribution is -2.87. The number of rotatable bonds is 7. The minimum absolute atomic E-state index is 0.146. The molecule has 0 aliphatic heterocycles. The number of quaternary nitrogens is 1. The minimum atomic E-state index is -0.608. The standard InChI is InChI=1S/C21H20F2N2OS/c1-14(17-10-9-16(22)12-18(17)23)24-13-20(26)25-21(19-8-5-11-27-19)15-6-3-2-4-7-15/h2-12,14,21,24H,13H2,1H3,(H,25,26)/p+1/t14-,21+/m1/s1. The van der Waals surface area contributed by atoms with Crippen LogP contribution in [0.3, 0.4) is 0 Å². The van der Waals surface area contributed by atoms with Gasteiger partial charge in [0, 0.05) is 16.5 Å². The average Bonchev–Trinajstić information content (AvgIpc) is 3.19. The fraction of sp³-hybridized carbons (Fsp3) is 0.190. The van der Waals surface area contributed by atoms with E-state index in [0.717, 1.165) is 16.5 Å². The second kappa shape index (κ2) is 8.88. The number of nitrogens with one attached hydrogen (secondary N) is 1. The molecular weight excluding hydrogens is 366 g/mol. The van der Waals surface area contributed by atoms with Crippen molar-refractivity contribution in [2.75, 3.05) is 6.54 Å². The molecule has 3 aromatic rings. The maximum Gasteiger partial charge on any atom is 0.275 e. The van der Waals surface area contributed by atoms with Crippen LogP contribution in [0.15, 0.2) is 66.0 Å². The van der Waals surface area contributed by atoms with Gasteiger partial charge in [0.15, 0.2) is 6.54 Å². The summed E-state index contributed by atoms with van der Waals surface area (Å²) >= 11 is 1.58. The zero-order valence-electron chi connectivity index (χ0n) is 14.9. The van der Waals surface area contributed by atoms with Crippen LogP contribution >= 0.6 is 11.3 Å². The zero-order valence-corrected chi connectivity index (χ0v) is 15.7. The molecular formula is C21H21F2N2OS+. The van der Waals surface area contributed by atoms with E-state index in [1.807, 2.05) is 47.8 Å². The first-order valence-electron chi connectivity index (χ1n) is 8.70. The maximum atomic E-state index is 13.9. The van der Waals surface area contributed by atoms with E-state index in [0.29, 0.717) is 5.56 Å². The quantitative estimate of drug-likeness (QED) is 0.640. The molecule has 2 atom stereocenters. The van der Waals surface area contributed by atoms with Crippen LogP contribution in [0.1, 0.15) is 35.0 Å². The van der Waals surface area contributed by atoms with Gasteiger partial charge in [-0.05, 0) is 36.1 Å². The number of halogens is 2. The highest BCUT2D eigenvalue weighted by atomic mass is 32.1. The lowest BCUT2D eigenvalue weighted by Gasteiger charge is -2.18. The molecule has 3 rings (SSSR count). The summed E-state index contributed by atoms with van der Waals surface area (Å²) in [6.45, 7) is 1.93. The van der Waals surface area contributed by atoms with Gasteiger partial charge < -0.3 is 10.6 Å². The van der Waals surface area contributed by atoms with E-state index < -0.39 is 11.6 Å². The minimum Gasteiger partial charge on any atom is -0.339 e. The Morgan fingerprint density at radius 2 is 1.89 bits per heavy atom. The highest BCUT2D eigenvalue weighted by Gasteiger charge is 2.20. The van der Waals surface area contributed by atoms with Crippen LogP contribution in [0, 0.1) is 11.6 Å². The molecule has 0 saturated carbocycles. The van der Waals surface area contributed by atoms with E-state index in [4.69, 9.17) is 0 Å². The Hall–Kier alpha value is -2.57. The van der Waals surface area contributed by atoms with Crippen LogP contribution < -0.4 is 10.6 Å². The van der Waals surface area contributed by atoms with Gasteiger partial charge in [-0.1, -0.05) is 36.4 Å². The number of thiophene rings is 1. The summed E-state index contributed by atoms with van der Waals surface area (Å²) in [7, 11) is 0. The Morgan fingerprint density at radius 1 is 1.11 bits per heavy atom. The first-order chi connectivity index (χ1) is 13.0. The average molecular weight is 387 g/mol. The van der Waals surface area contributed by atoms with E-state index in [9.17, 15) is 13.6 Å². The summed E-state index contributed by atoms with van der Waals surface area (Å²) in [4.78, 5) is 13.6. The fourth-order valence-corrected chi connectivity index (χ4v) is 3.72. The number of carbonyl (C=O) groups is 1. The Balaban J connectivity index is 1.64. The first kappa shape index (κ1) is 19.2. The van der Waals surface area contributed by atoms with Crippen molar-refractivity contribution in [3.63, 3.8) is 0 Å². The zero-order chi connectivity index (χ0) is 19.2. The molecule has 1 aromatic heterocycles. The summed E-state index contributed by atoms with van der Waals surface area (Å²) in [6.07, 6.45) is 0. The summed E-state index contributed by atoms with van der Waals surface area (Å²) < 4.78 is 26.9. The molecule has 1 heterocycles. The molecule has 0 fully saturated rings. The molecule has 2 aromatic carbocycles. The molecule has 0 radical (unpaired) electrons. The number of carbonyl (C=O) groups excluding carboxylic acids is 1. The maximum absolute atomic E-state index is 13.9. The van der Waals surface area contributed by atoms with Crippen molar-refractivity contribution in [1.29, 1.82) is 0 Å². The van der Waals surface area contributed by atoms with Gasteiger partial charge in [0.1, 0.15) is 17.7 Å². The van der Waals surface area contributed by atoms with Crippen molar-refractivity contribution in [2.45, 2.75) is 19.0 Å². The molecule has 0 unspecified atom stereocenters. The third-order valence-corrected chi connectivity index (χ3v) is 5.31. The van der Waals surface area contributed by atoms with Gasteiger partial charge in [-0.25, -0.2) is 8.78 Å². The Kier molecular flexibility index (Phi) is 6.32. The van der Waals surface area contributed by atoms with Gasteiger partial charge in [0.2, 0.25) is 0 Å². The van der Waals surface area contributed by atoms with Crippen molar-refractivity contribution in [1.82, 2.24) is 5.32 Å². The Labute approximate surface area is 161 Å². The summed E-state index contributed by atoms with van der Waals surface area (Å²) in [5, 5.41) is 6.77. The van der Waals surface area contributed by atoms with E-state index in [-0.39, 0.29) is 24.5 Å². The lowest BCUT2D eigenvalue weighted by atomic mass is 10.1. The van der Waals surface area contributed by atoms with E-state index in [1.54, 1.807) is 23.6 Å². The van der Waals surface area contributed by atoms with Crippen LogP contribution in [0.4, 0.5) is 8.78 Å². The second-order valence-electron chi connectivity index (χ2n) is 6.32. The molecule has 0 aliphatic carbocycles. The van der Waals surface area contributed by atoms with Gasteiger partial charge in [-0.15, -0.1) is 11.3 Å². The molecule has 0 bridgehead atoms. The fourth-order valence-electron chi connectivity index (χ4n) is 2.92. The van der Waals surface area contributed by atoms with Crippen molar-refractivity contribution in [3.05, 3.63) is 93.7 Å². The van der Waals surface area contributed by atoms with Crippen LogP contribution in [0.5, 0.6) is 0 Å². The van der Waals surface area contributed by atoms with E-state index in [2.05, 4.69) is 5.32 Å². The first-order valence-corrected chi connectivity index (χ1v) is 9.58. The number of hydrogen-bond donors (Lipinski definition) is 2. The summed E-state index contributed by atoms with van der Waals surface area (Å²) in [5.41, 5.74) is 1.38. The predicted octanol–water partition coefficient (Wildman–Crippen LogP) is 3.56. The molecule has 6 heteroatoms. The van der Waals surface area contributed by atoms with E-state index in [1.165, 1.54) is 12.1 Å². The van der Waals surface area contributed by atoms with Crippen molar-refractivity contribution >= 4 is 17.2 Å². The Morgan fingerprint density at radius 3 is 2.56 bits per heavy atom. The van der Waals surface area contributed by atoms with Crippen LogP contribution in [0.2, 0.25) is 0 Å². The monoisotopic (exact) mass is 387 g/mol. The van der Waals surface area contributed by atoms with Crippen LogP contribution in [-0.4, -0.2) is 12.5 Å².